The first-order valence-corrected chi connectivity index (χ1v) is 7.29. The van der Waals surface area contributed by atoms with Crippen molar-refractivity contribution in [3.05, 3.63) is 59.1 Å². The molecular weight excluding hydrogens is 318 g/mol. The van der Waals surface area contributed by atoms with E-state index in [-0.39, 0.29) is 0 Å². The molecule has 0 unspecified atom stereocenters. The molecule has 0 heterocycles. The van der Waals surface area contributed by atoms with E-state index >= 15 is 0 Å². The van der Waals surface area contributed by atoms with Crippen LogP contribution in [0.25, 0.3) is 0 Å². The maximum absolute atomic E-state index is 12.1. The van der Waals surface area contributed by atoms with Crippen molar-refractivity contribution in [2.75, 3.05) is 12.4 Å². The highest BCUT2D eigenvalue weighted by atomic mass is 35.5. The Bertz CT molecular complexity index is 717. The Balaban J connectivity index is 1.98. The summed E-state index contributed by atoms with van der Waals surface area (Å²) < 4.78 is 10.2. The van der Waals surface area contributed by atoms with Gasteiger partial charge in [-0.3, -0.25) is 4.79 Å². The van der Waals surface area contributed by atoms with E-state index in [1.807, 2.05) is 0 Å². The van der Waals surface area contributed by atoms with Gasteiger partial charge in [0.25, 0.3) is 5.91 Å². The Morgan fingerprint density at radius 2 is 1.87 bits per heavy atom. The molecule has 0 aliphatic carbocycles. The van der Waals surface area contributed by atoms with Crippen molar-refractivity contribution >= 4 is 29.2 Å². The number of esters is 1. The number of nitrogens with one attached hydrogen (secondary N) is 1. The van der Waals surface area contributed by atoms with Gasteiger partial charge in [0.15, 0.2) is 6.10 Å². The number of carbonyl (C=O) groups excluding carboxylic acids is 2. The predicted molar refractivity (Wildman–Crippen MR) is 88.0 cm³/mol. The van der Waals surface area contributed by atoms with Gasteiger partial charge in [0, 0.05) is 10.7 Å². The summed E-state index contributed by atoms with van der Waals surface area (Å²) in [5, 5.41) is 3.14. The summed E-state index contributed by atoms with van der Waals surface area (Å²) in [4.78, 5) is 24.1. The van der Waals surface area contributed by atoms with Crippen LogP contribution in [0.1, 0.15) is 17.3 Å². The van der Waals surface area contributed by atoms with Crippen molar-refractivity contribution in [3.8, 4) is 5.75 Å². The highest BCUT2D eigenvalue weighted by Gasteiger charge is 2.19. The first kappa shape index (κ1) is 16.8. The molecule has 23 heavy (non-hydrogen) atoms. The molecule has 1 amide bonds. The summed E-state index contributed by atoms with van der Waals surface area (Å²) in [5.74, 6) is -0.503. The van der Waals surface area contributed by atoms with Crippen LogP contribution in [-0.2, 0) is 9.53 Å². The first-order chi connectivity index (χ1) is 11.0. The number of ether oxygens (including phenoxy) is 2. The van der Waals surface area contributed by atoms with Gasteiger partial charge >= 0.3 is 5.97 Å². The van der Waals surface area contributed by atoms with E-state index in [0.717, 1.165) is 0 Å². The van der Waals surface area contributed by atoms with Gasteiger partial charge in [-0.25, -0.2) is 4.79 Å². The Morgan fingerprint density at radius 1 is 1.13 bits per heavy atom. The molecular formula is C17H16ClNO4. The zero-order valence-electron chi connectivity index (χ0n) is 12.7. The molecule has 2 rings (SSSR count). The summed E-state index contributed by atoms with van der Waals surface area (Å²) in [6.45, 7) is 1.50. The highest BCUT2D eigenvalue weighted by molar-refractivity contribution is 6.30. The lowest BCUT2D eigenvalue weighted by molar-refractivity contribution is -0.123. The van der Waals surface area contributed by atoms with Crippen molar-refractivity contribution in [2.45, 2.75) is 13.0 Å². The molecule has 0 radical (unpaired) electrons. The Morgan fingerprint density at radius 3 is 2.57 bits per heavy atom. The molecule has 120 valence electrons. The van der Waals surface area contributed by atoms with Crippen LogP contribution < -0.4 is 10.1 Å². The zero-order valence-corrected chi connectivity index (χ0v) is 13.5. The maximum Gasteiger partial charge on any atom is 0.339 e. The molecule has 0 saturated heterocycles. The lowest BCUT2D eigenvalue weighted by Gasteiger charge is -2.14. The molecule has 0 aliphatic heterocycles. The minimum Gasteiger partial charge on any atom is -0.497 e. The lowest BCUT2D eigenvalue weighted by atomic mass is 10.2. The van der Waals surface area contributed by atoms with Gasteiger partial charge in [0.05, 0.1) is 12.7 Å². The summed E-state index contributed by atoms with van der Waals surface area (Å²) in [5.41, 5.74) is 0.846. The van der Waals surface area contributed by atoms with E-state index < -0.39 is 18.0 Å². The Hall–Kier alpha value is -2.53. The van der Waals surface area contributed by atoms with Gasteiger partial charge in [-0.05, 0) is 43.3 Å². The second kappa shape index (κ2) is 7.65. The molecule has 0 fully saturated rings. The normalized spacial score (nSPS) is 11.4. The van der Waals surface area contributed by atoms with E-state index in [1.54, 1.807) is 48.5 Å². The first-order valence-electron chi connectivity index (χ1n) is 6.91. The van der Waals surface area contributed by atoms with Gasteiger partial charge < -0.3 is 14.8 Å². The number of anilines is 1. The molecule has 0 aliphatic rings. The van der Waals surface area contributed by atoms with Crippen molar-refractivity contribution in [1.82, 2.24) is 0 Å². The summed E-state index contributed by atoms with van der Waals surface area (Å²) in [7, 11) is 1.51. The number of hydrogen-bond donors (Lipinski definition) is 1. The van der Waals surface area contributed by atoms with E-state index in [0.29, 0.717) is 22.0 Å². The Kier molecular flexibility index (Phi) is 5.60. The maximum atomic E-state index is 12.1. The summed E-state index contributed by atoms with van der Waals surface area (Å²) in [6.07, 6.45) is -0.951. The van der Waals surface area contributed by atoms with Gasteiger partial charge in [-0.1, -0.05) is 23.7 Å². The van der Waals surface area contributed by atoms with Crippen molar-refractivity contribution in [1.29, 1.82) is 0 Å². The minimum absolute atomic E-state index is 0.312. The largest absolute Gasteiger partial charge is 0.497 e. The smallest absolute Gasteiger partial charge is 0.339 e. The number of carbonyl (C=O) groups is 2. The minimum atomic E-state index is -0.951. The van der Waals surface area contributed by atoms with Gasteiger partial charge in [0.1, 0.15) is 5.75 Å². The Labute approximate surface area is 139 Å². The number of rotatable bonds is 5. The van der Waals surface area contributed by atoms with Gasteiger partial charge in [-0.15, -0.1) is 0 Å². The topological polar surface area (TPSA) is 64.6 Å². The third kappa shape index (κ3) is 4.72. The quantitative estimate of drug-likeness (QED) is 0.850. The number of benzene rings is 2. The summed E-state index contributed by atoms with van der Waals surface area (Å²) >= 11 is 5.85. The fourth-order valence-corrected chi connectivity index (χ4v) is 2.03. The van der Waals surface area contributed by atoms with Crippen LogP contribution >= 0.6 is 11.6 Å². The molecule has 0 aromatic heterocycles. The van der Waals surface area contributed by atoms with Crippen LogP contribution in [0.5, 0.6) is 5.75 Å². The summed E-state index contributed by atoms with van der Waals surface area (Å²) in [6, 6.07) is 13.2. The average Bonchev–Trinajstić information content (AvgIpc) is 2.54. The van der Waals surface area contributed by atoms with Crippen molar-refractivity contribution in [2.24, 2.45) is 0 Å². The standard InChI is InChI=1S/C17H16ClNO4/c1-11(16(20)19-14-7-4-6-13(18)10-14)23-17(21)12-5-3-8-15(9-12)22-2/h3-11H,1-2H3,(H,19,20)/t11-/m1/s1. The third-order valence-electron chi connectivity index (χ3n) is 3.05. The van der Waals surface area contributed by atoms with Gasteiger partial charge in [-0.2, -0.15) is 0 Å². The van der Waals surface area contributed by atoms with Crippen LogP contribution in [-0.4, -0.2) is 25.1 Å². The number of hydrogen-bond acceptors (Lipinski definition) is 4. The molecule has 0 bridgehead atoms. The molecule has 2 aromatic rings. The van der Waals surface area contributed by atoms with Gasteiger partial charge in [0.2, 0.25) is 0 Å². The van der Waals surface area contributed by atoms with E-state index in [9.17, 15) is 9.59 Å². The molecule has 5 nitrogen and oxygen atoms in total. The lowest BCUT2D eigenvalue weighted by Crippen LogP contribution is -2.30. The molecule has 0 spiro atoms. The number of amides is 1. The molecule has 6 heteroatoms. The van der Waals surface area contributed by atoms with Crippen molar-refractivity contribution < 1.29 is 19.1 Å². The molecule has 1 atom stereocenters. The average molecular weight is 334 g/mol. The second-order valence-corrected chi connectivity index (χ2v) is 5.22. The predicted octanol–water partition coefficient (Wildman–Crippen LogP) is 3.53. The fraction of sp³-hybridized carbons (Fsp3) is 0.176. The molecule has 0 saturated carbocycles. The van der Waals surface area contributed by atoms with E-state index in [2.05, 4.69) is 5.32 Å². The fourth-order valence-electron chi connectivity index (χ4n) is 1.84. The van der Waals surface area contributed by atoms with Crippen LogP contribution in [0.2, 0.25) is 5.02 Å². The monoisotopic (exact) mass is 333 g/mol. The van der Waals surface area contributed by atoms with Crippen LogP contribution in [0.4, 0.5) is 5.69 Å². The van der Waals surface area contributed by atoms with Crippen molar-refractivity contribution in [3.63, 3.8) is 0 Å². The highest BCUT2D eigenvalue weighted by Crippen LogP contribution is 2.16. The molecule has 2 aromatic carbocycles. The SMILES string of the molecule is COc1cccc(C(=O)O[C@H](C)C(=O)Nc2cccc(Cl)c2)c1. The van der Waals surface area contributed by atoms with Crippen LogP contribution in [0.15, 0.2) is 48.5 Å². The van der Waals surface area contributed by atoms with E-state index in [1.165, 1.54) is 14.0 Å². The zero-order chi connectivity index (χ0) is 16.8. The van der Waals surface area contributed by atoms with Crippen LogP contribution in [0.3, 0.4) is 0 Å². The molecule has 1 N–H and O–H groups in total. The van der Waals surface area contributed by atoms with Crippen LogP contribution in [0, 0.1) is 0 Å². The third-order valence-corrected chi connectivity index (χ3v) is 3.29. The van der Waals surface area contributed by atoms with E-state index in [4.69, 9.17) is 21.1 Å². The second-order valence-electron chi connectivity index (χ2n) is 4.78. The number of methoxy groups -OCH3 is 1. The number of halogens is 1.